The van der Waals surface area contributed by atoms with Gasteiger partial charge in [0, 0.05) is 0 Å². The van der Waals surface area contributed by atoms with Crippen molar-refractivity contribution in [2.75, 3.05) is 0 Å². The molecule has 0 radical (unpaired) electrons. The van der Waals surface area contributed by atoms with Crippen LogP contribution in [0.4, 0.5) is 4.39 Å². The number of hydrogen-bond acceptors (Lipinski definition) is 1. The molecule has 0 spiro atoms. The van der Waals surface area contributed by atoms with Crippen molar-refractivity contribution in [2.24, 2.45) is 0 Å². The number of rotatable bonds is 1. The zero-order valence-corrected chi connectivity index (χ0v) is 8.83. The third-order valence-corrected chi connectivity index (χ3v) is 2.99. The van der Waals surface area contributed by atoms with Gasteiger partial charge in [0.25, 0.3) is 0 Å². The van der Waals surface area contributed by atoms with Crippen LogP contribution in [0.25, 0.3) is 0 Å². The molecule has 0 aliphatic heterocycles. The predicted molar refractivity (Wildman–Crippen MR) is 58.0 cm³/mol. The molecule has 2 heteroatoms. The van der Waals surface area contributed by atoms with Crippen LogP contribution in [-0.4, -0.2) is 5.11 Å². The van der Waals surface area contributed by atoms with E-state index in [2.05, 4.69) is 0 Å². The fourth-order valence-electron chi connectivity index (χ4n) is 1.95. The van der Waals surface area contributed by atoms with Gasteiger partial charge in [0.15, 0.2) is 0 Å². The maximum Gasteiger partial charge on any atom is 0.126 e. The van der Waals surface area contributed by atoms with Gasteiger partial charge in [-0.3, -0.25) is 0 Å². The van der Waals surface area contributed by atoms with Gasteiger partial charge in [-0.2, -0.15) is 0 Å². The topological polar surface area (TPSA) is 20.2 Å². The van der Waals surface area contributed by atoms with E-state index in [9.17, 15) is 9.50 Å². The Labute approximate surface area is 89.3 Å². The van der Waals surface area contributed by atoms with E-state index in [1.807, 2.05) is 6.08 Å². The van der Waals surface area contributed by atoms with E-state index in [4.69, 9.17) is 0 Å². The fourth-order valence-corrected chi connectivity index (χ4v) is 1.95. The summed E-state index contributed by atoms with van der Waals surface area (Å²) in [5.74, 6) is -0.250. The first kappa shape index (κ1) is 10.4. The molecule has 0 heterocycles. The summed E-state index contributed by atoms with van der Waals surface area (Å²) in [6.45, 7) is 1.72. The van der Waals surface area contributed by atoms with Gasteiger partial charge < -0.3 is 5.11 Å². The first-order chi connectivity index (χ1) is 7.12. The highest BCUT2D eigenvalue weighted by molar-refractivity contribution is 5.32. The van der Waals surface area contributed by atoms with Crippen LogP contribution in [0.5, 0.6) is 0 Å². The van der Waals surface area contributed by atoms with Crippen molar-refractivity contribution in [1.82, 2.24) is 0 Å². The van der Waals surface area contributed by atoms with Gasteiger partial charge in [-0.25, -0.2) is 4.39 Å². The second-order valence-corrected chi connectivity index (χ2v) is 4.18. The van der Waals surface area contributed by atoms with Crippen LogP contribution in [0.2, 0.25) is 0 Å². The molecule has 0 saturated heterocycles. The Morgan fingerprint density at radius 1 is 1.40 bits per heavy atom. The first-order valence-electron chi connectivity index (χ1n) is 5.28. The molecule has 1 aliphatic carbocycles. The summed E-state index contributed by atoms with van der Waals surface area (Å²) >= 11 is 0. The van der Waals surface area contributed by atoms with Crippen molar-refractivity contribution in [3.63, 3.8) is 0 Å². The van der Waals surface area contributed by atoms with E-state index >= 15 is 0 Å². The summed E-state index contributed by atoms with van der Waals surface area (Å²) in [6.07, 6.45) is 6.35. The zero-order valence-electron chi connectivity index (χ0n) is 8.83. The molecular formula is C13H15FO. The van der Waals surface area contributed by atoms with Crippen molar-refractivity contribution < 1.29 is 9.50 Å². The van der Waals surface area contributed by atoms with Gasteiger partial charge in [0.05, 0.1) is 0 Å². The molecule has 80 valence electrons. The Bertz CT molecular complexity index is 398. The predicted octanol–water partition coefficient (Wildman–Crippen LogP) is 3.06. The van der Waals surface area contributed by atoms with Crippen molar-refractivity contribution in [3.05, 3.63) is 47.3 Å². The number of aliphatic hydroxyl groups is 1. The van der Waals surface area contributed by atoms with Crippen LogP contribution in [0.3, 0.4) is 0 Å². The average Bonchev–Trinajstić information content (AvgIpc) is 2.23. The molecule has 0 saturated carbocycles. The Balaban J connectivity index is 2.40. The average molecular weight is 206 g/mol. The summed E-state index contributed by atoms with van der Waals surface area (Å²) in [4.78, 5) is 0. The monoisotopic (exact) mass is 206 g/mol. The Hall–Kier alpha value is -1.15. The van der Waals surface area contributed by atoms with Gasteiger partial charge >= 0.3 is 0 Å². The van der Waals surface area contributed by atoms with Gasteiger partial charge in [0.2, 0.25) is 0 Å². The van der Waals surface area contributed by atoms with Gasteiger partial charge in [0.1, 0.15) is 11.4 Å². The van der Waals surface area contributed by atoms with Gasteiger partial charge in [-0.05, 0) is 43.4 Å². The minimum absolute atomic E-state index is 0.250. The number of hydrogen-bond donors (Lipinski definition) is 1. The second-order valence-electron chi connectivity index (χ2n) is 4.18. The summed E-state index contributed by atoms with van der Waals surface area (Å²) in [5.41, 5.74) is 0.302. The molecule has 1 aromatic carbocycles. The Morgan fingerprint density at radius 3 is 2.80 bits per heavy atom. The van der Waals surface area contributed by atoms with Crippen molar-refractivity contribution in [2.45, 2.75) is 31.8 Å². The molecular weight excluding hydrogens is 191 g/mol. The van der Waals surface area contributed by atoms with Crippen LogP contribution < -0.4 is 0 Å². The summed E-state index contributed by atoms with van der Waals surface area (Å²) in [5, 5.41) is 10.3. The van der Waals surface area contributed by atoms with E-state index in [1.54, 1.807) is 25.1 Å². The maximum absolute atomic E-state index is 13.4. The Kier molecular flexibility index (Phi) is 2.61. The molecule has 2 rings (SSSR count). The van der Waals surface area contributed by atoms with Crippen LogP contribution in [0, 0.1) is 12.7 Å². The molecule has 0 aromatic heterocycles. The molecule has 15 heavy (non-hydrogen) atoms. The van der Waals surface area contributed by atoms with E-state index in [0.29, 0.717) is 17.5 Å². The number of benzene rings is 1. The smallest absolute Gasteiger partial charge is 0.126 e. The van der Waals surface area contributed by atoms with Crippen LogP contribution in [0.15, 0.2) is 30.4 Å². The summed E-state index contributed by atoms with van der Waals surface area (Å²) in [6, 6.07) is 4.95. The van der Waals surface area contributed by atoms with Gasteiger partial charge in [-0.1, -0.05) is 24.3 Å². The van der Waals surface area contributed by atoms with Crippen molar-refractivity contribution >= 4 is 0 Å². The van der Waals surface area contributed by atoms with Gasteiger partial charge in [-0.15, -0.1) is 0 Å². The third kappa shape index (κ3) is 1.95. The van der Waals surface area contributed by atoms with E-state index in [1.165, 1.54) is 6.07 Å². The van der Waals surface area contributed by atoms with E-state index in [-0.39, 0.29) is 5.82 Å². The van der Waals surface area contributed by atoms with Crippen molar-refractivity contribution in [3.8, 4) is 0 Å². The van der Waals surface area contributed by atoms with Crippen LogP contribution in [-0.2, 0) is 5.60 Å². The lowest BCUT2D eigenvalue weighted by Crippen LogP contribution is -2.24. The highest BCUT2D eigenvalue weighted by Crippen LogP contribution is 2.32. The molecule has 1 aromatic rings. The van der Waals surface area contributed by atoms with Crippen molar-refractivity contribution in [1.29, 1.82) is 0 Å². The lowest BCUT2D eigenvalue weighted by atomic mass is 9.84. The molecule has 0 fully saturated rings. The number of halogens is 1. The molecule has 1 unspecified atom stereocenters. The highest BCUT2D eigenvalue weighted by Gasteiger charge is 2.27. The third-order valence-electron chi connectivity index (χ3n) is 2.99. The maximum atomic E-state index is 13.4. The molecule has 1 N–H and O–H groups in total. The van der Waals surface area contributed by atoms with Crippen LogP contribution >= 0.6 is 0 Å². The molecule has 1 nitrogen and oxygen atoms in total. The SMILES string of the molecule is Cc1ccc(C2(O)C=CCCC2)cc1F. The first-order valence-corrected chi connectivity index (χ1v) is 5.28. The Morgan fingerprint density at radius 2 is 2.20 bits per heavy atom. The molecule has 1 aliphatic rings. The minimum atomic E-state index is -0.965. The highest BCUT2D eigenvalue weighted by atomic mass is 19.1. The lowest BCUT2D eigenvalue weighted by Gasteiger charge is -2.28. The quantitative estimate of drug-likeness (QED) is 0.700. The van der Waals surface area contributed by atoms with E-state index in [0.717, 1.165) is 12.8 Å². The summed E-state index contributed by atoms with van der Waals surface area (Å²) in [7, 11) is 0. The standard InChI is InChI=1S/C13H15FO/c1-10-5-6-11(9-12(10)14)13(15)7-3-2-4-8-13/h3,5-7,9,15H,2,4,8H2,1H3. The number of allylic oxidation sites excluding steroid dienone is 1. The number of aryl methyl sites for hydroxylation is 1. The fraction of sp³-hybridized carbons (Fsp3) is 0.385. The van der Waals surface area contributed by atoms with E-state index < -0.39 is 5.60 Å². The lowest BCUT2D eigenvalue weighted by molar-refractivity contribution is 0.0722. The second kappa shape index (κ2) is 3.78. The minimum Gasteiger partial charge on any atom is -0.381 e. The largest absolute Gasteiger partial charge is 0.381 e. The molecule has 1 atom stereocenters. The normalized spacial score (nSPS) is 25.5. The van der Waals surface area contributed by atoms with Crippen LogP contribution in [0.1, 0.15) is 30.4 Å². The molecule has 0 amide bonds. The summed E-state index contributed by atoms with van der Waals surface area (Å²) < 4.78 is 13.4. The molecule has 0 bridgehead atoms. The zero-order chi connectivity index (χ0) is 10.9.